The third-order valence-corrected chi connectivity index (χ3v) is 4.26. The van der Waals surface area contributed by atoms with Crippen molar-refractivity contribution in [3.63, 3.8) is 0 Å². The quantitative estimate of drug-likeness (QED) is 0.462. The molecule has 0 radical (unpaired) electrons. The maximum Gasteiger partial charge on any atom is 0.270 e. The normalized spacial score (nSPS) is 10.3. The lowest BCUT2D eigenvalue weighted by Crippen LogP contribution is -1.94. The molecule has 0 aromatic heterocycles. The first-order valence-corrected chi connectivity index (χ1v) is 7.17. The van der Waals surface area contributed by atoms with Crippen molar-refractivity contribution in [1.82, 2.24) is 0 Å². The lowest BCUT2D eigenvalue weighted by molar-refractivity contribution is -0.384. The second-order valence-electron chi connectivity index (χ2n) is 3.97. The van der Waals surface area contributed by atoms with Crippen molar-refractivity contribution in [3.05, 3.63) is 63.2 Å². The molecule has 0 aliphatic heterocycles. The number of methoxy groups -OCH3 is 1. The van der Waals surface area contributed by atoms with Crippen molar-refractivity contribution in [2.45, 2.75) is 10.6 Å². The second kappa shape index (κ2) is 6.63. The molecular weight excluding hydrogens is 298 g/mol. The van der Waals surface area contributed by atoms with Gasteiger partial charge in [0.2, 0.25) is 0 Å². The summed E-state index contributed by atoms with van der Waals surface area (Å²) in [6, 6.07) is 12.1. The van der Waals surface area contributed by atoms with Gasteiger partial charge in [-0.1, -0.05) is 23.7 Å². The Morgan fingerprint density at radius 2 is 2.05 bits per heavy atom. The fraction of sp³-hybridized carbons (Fsp3) is 0.143. The van der Waals surface area contributed by atoms with Crippen molar-refractivity contribution in [3.8, 4) is 5.75 Å². The largest absolute Gasteiger partial charge is 0.496 e. The summed E-state index contributed by atoms with van der Waals surface area (Å²) in [5.74, 6) is 1.18. The zero-order chi connectivity index (χ0) is 14.5. The SMILES string of the molecule is COc1ccc([N+](=O)[O-])cc1CSc1ccccc1Cl. The Morgan fingerprint density at radius 3 is 2.70 bits per heavy atom. The highest BCUT2D eigenvalue weighted by atomic mass is 35.5. The molecule has 104 valence electrons. The summed E-state index contributed by atoms with van der Waals surface area (Å²) < 4.78 is 5.23. The zero-order valence-corrected chi connectivity index (χ0v) is 12.3. The van der Waals surface area contributed by atoms with Crippen LogP contribution >= 0.6 is 23.4 Å². The lowest BCUT2D eigenvalue weighted by Gasteiger charge is -2.08. The minimum Gasteiger partial charge on any atom is -0.496 e. The van der Waals surface area contributed by atoms with E-state index in [9.17, 15) is 10.1 Å². The van der Waals surface area contributed by atoms with Gasteiger partial charge in [0.1, 0.15) is 5.75 Å². The van der Waals surface area contributed by atoms with E-state index < -0.39 is 4.92 Å². The molecule has 0 atom stereocenters. The van der Waals surface area contributed by atoms with Gasteiger partial charge in [-0.15, -0.1) is 11.8 Å². The van der Waals surface area contributed by atoms with Crippen LogP contribution in [0.4, 0.5) is 5.69 Å². The Morgan fingerprint density at radius 1 is 1.30 bits per heavy atom. The van der Waals surface area contributed by atoms with Gasteiger partial charge in [0.25, 0.3) is 5.69 Å². The van der Waals surface area contributed by atoms with E-state index in [2.05, 4.69) is 0 Å². The van der Waals surface area contributed by atoms with Crippen molar-refractivity contribution in [2.24, 2.45) is 0 Å². The van der Waals surface area contributed by atoms with Crippen molar-refractivity contribution >= 4 is 29.1 Å². The molecule has 0 amide bonds. The number of hydrogen-bond donors (Lipinski definition) is 0. The van der Waals surface area contributed by atoms with E-state index >= 15 is 0 Å². The van der Waals surface area contributed by atoms with Crippen LogP contribution < -0.4 is 4.74 Å². The molecule has 2 rings (SSSR count). The van der Waals surface area contributed by atoms with E-state index in [-0.39, 0.29) is 5.69 Å². The fourth-order valence-corrected chi connectivity index (χ4v) is 2.93. The van der Waals surface area contributed by atoms with Gasteiger partial charge >= 0.3 is 0 Å². The smallest absolute Gasteiger partial charge is 0.270 e. The number of thioether (sulfide) groups is 1. The highest BCUT2D eigenvalue weighted by molar-refractivity contribution is 7.98. The molecule has 2 aromatic carbocycles. The molecular formula is C14H12ClNO3S. The van der Waals surface area contributed by atoms with Crippen LogP contribution in [-0.2, 0) is 5.75 Å². The number of halogens is 1. The third kappa shape index (κ3) is 3.43. The molecule has 2 aromatic rings. The maximum atomic E-state index is 10.8. The molecule has 0 fully saturated rings. The van der Waals surface area contributed by atoms with Crippen LogP contribution in [0.15, 0.2) is 47.4 Å². The summed E-state index contributed by atoms with van der Waals surface area (Å²) >= 11 is 7.60. The van der Waals surface area contributed by atoms with Gasteiger partial charge in [-0.05, 0) is 18.2 Å². The standard InChI is InChI=1S/C14H12ClNO3S/c1-19-13-7-6-11(16(17)18)8-10(13)9-20-14-5-3-2-4-12(14)15/h2-8H,9H2,1H3. The maximum absolute atomic E-state index is 10.8. The molecule has 0 bridgehead atoms. The Balaban J connectivity index is 2.22. The molecule has 0 N–H and O–H groups in total. The van der Waals surface area contributed by atoms with E-state index in [0.29, 0.717) is 16.5 Å². The van der Waals surface area contributed by atoms with Gasteiger partial charge in [0, 0.05) is 28.3 Å². The summed E-state index contributed by atoms with van der Waals surface area (Å²) in [7, 11) is 1.55. The Hall–Kier alpha value is -1.72. The van der Waals surface area contributed by atoms with E-state index in [0.717, 1.165) is 10.5 Å². The Labute approximate surface area is 125 Å². The topological polar surface area (TPSA) is 52.4 Å². The van der Waals surface area contributed by atoms with Gasteiger partial charge in [-0.2, -0.15) is 0 Å². The van der Waals surface area contributed by atoms with Gasteiger partial charge in [-0.25, -0.2) is 0 Å². The van der Waals surface area contributed by atoms with E-state index in [1.54, 1.807) is 13.2 Å². The first kappa shape index (κ1) is 14.7. The van der Waals surface area contributed by atoms with Crippen molar-refractivity contribution < 1.29 is 9.66 Å². The van der Waals surface area contributed by atoms with E-state index in [1.165, 1.54) is 23.9 Å². The summed E-state index contributed by atoms with van der Waals surface area (Å²) in [5.41, 5.74) is 0.826. The number of rotatable bonds is 5. The number of ether oxygens (including phenoxy) is 1. The monoisotopic (exact) mass is 309 g/mol. The van der Waals surface area contributed by atoms with Crippen molar-refractivity contribution in [1.29, 1.82) is 0 Å². The molecule has 0 aliphatic carbocycles. The number of non-ortho nitro benzene ring substituents is 1. The van der Waals surface area contributed by atoms with Crippen LogP contribution in [-0.4, -0.2) is 12.0 Å². The summed E-state index contributed by atoms with van der Waals surface area (Å²) in [4.78, 5) is 11.3. The summed E-state index contributed by atoms with van der Waals surface area (Å²) in [6.07, 6.45) is 0. The number of nitro groups is 1. The molecule has 0 saturated heterocycles. The van der Waals surface area contributed by atoms with Crippen LogP contribution in [0, 0.1) is 10.1 Å². The minimum absolute atomic E-state index is 0.0561. The molecule has 0 spiro atoms. The predicted octanol–water partition coefficient (Wildman–Crippen LogP) is 4.55. The first-order valence-electron chi connectivity index (χ1n) is 5.80. The van der Waals surface area contributed by atoms with Crippen LogP contribution in [0.3, 0.4) is 0 Å². The summed E-state index contributed by atoms with van der Waals surface area (Å²) in [5, 5.41) is 11.5. The number of benzene rings is 2. The second-order valence-corrected chi connectivity index (χ2v) is 5.40. The lowest BCUT2D eigenvalue weighted by atomic mass is 10.2. The van der Waals surface area contributed by atoms with Crippen LogP contribution in [0.1, 0.15) is 5.56 Å². The third-order valence-electron chi connectivity index (χ3n) is 2.69. The molecule has 0 unspecified atom stereocenters. The molecule has 4 nitrogen and oxygen atoms in total. The minimum atomic E-state index is -0.414. The number of nitro benzene ring substituents is 1. The molecule has 6 heteroatoms. The zero-order valence-electron chi connectivity index (χ0n) is 10.7. The van der Waals surface area contributed by atoms with Crippen LogP contribution in [0.2, 0.25) is 5.02 Å². The summed E-state index contributed by atoms with van der Waals surface area (Å²) in [6.45, 7) is 0. The predicted molar refractivity (Wildman–Crippen MR) is 80.7 cm³/mol. The van der Waals surface area contributed by atoms with Gasteiger partial charge in [-0.3, -0.25) is 10.1 Å². The fourth-order valence-electron chi connectivity index (χ4n) is 1.71. The van der Waals surface area contributed by atoms with Gasteiger partial charge in [0.15, 0.2) is 0 Å². The molecule has 0 aliphatic rings. The Kier molecular flexibility index (Phi) is 4.87. The highest BCUT2D eigenvalue weighted by Crippen LogP contribution is 2.33. The number of hydrogen-bond acceptors (Lipinski definition) is 4. The van der Waals surface area contributed by atoms with Gasteiger partial charge in [0.05, 0.1) is 17.1 Å². The number of nitrogens with zero attached hydrogens (tertiary/aromatic N) is 1. The van der Waals surface area contributed by atoms with Crippen LogP contribution in [0.25, 0.3) is 0 Å². The average molecular weight is 310 g/mol. The van der Waals surface area contributed by atoms with E-state index in [1.807, 2.05) is 24.3 Å². The highest BCUT2D eigenvalue weighted by Gasteiger charge is 2.12. The first-order chi connectivity index (χ1) is 9.61. The molecule has 0 heterocycles. The Bertz CT molecular complexity index is 634. The van der Waals surface area contributed by atoms with Crippen LogP contribution in [0.5, 0.6) is 5.75 Å². The van der Waals surface area contributed by atoms with E-state index in [4.69, 9.17) is 16.3 Å². The molecule has 0 saturated carbocycles. The van der Waals surface area contributed by atoms with Gasteiger partial charge < -0.3 is 4.74 Å². The molecule has 20 heavy (non-hydrogen) atoms. The van der Waals surface area contributed by atoms with Crippen molar-refractivity contribution in [2.75, 3.05) is 7.11 Å². The average Bonchev–Trinajstić information content (AvgIpc) is 2.46.